The number of hydrogen-bond donors (Lipinski definition) is 2. The monoisotopic (exact) mass is 467 g/mol. The predicted molar refractivity (Wildman–Crippen MR) is 116 cm³/mol. The summed E-state index contributed by atoms with van der Waals surface area (Å²) in [5, 5.41) is 5.62. The number of likely N-dealkylation sites (tertiary alicyclic amines) is 1. The van der Waals surface area contributed by atoms with E-state index in [-0.39, 0.29) is 23.8 Å². The Bertz CT molecular complexity index is 753. The predicted octanol–water partition coefficient (Wildman–Crippen LogP) is 4.17. The average molecular weight is 468 g/mol. The van der Waals surface area contributed by atoms with Crippen molar-refractivity contribution in [3.63, 3.8) is 0 Å². The molecule has 0 unspecified atom stereocenters. The van der Waals surface area contributed by atoms with Crippen LogP contribution in [0.3, 0.4) is 0 Å². The summed E-state index contributed by atoms with van der Waals surface area (Å²) >= 11 is 3.36. The quantitative estimate of drug-likeness (QED) is 0.679. The first-order valence-electron chi connectivity index (χ1n) is 9.94. The lowest BCUT2D eigenvalue weighted by molar-refractivity contribution is -0.117. The Balaban J connectivity index is 1.90. The van der Waals surface area contributed by atoms with Gasteiger partial charge in [-0.15, -0.1) is 0 Å². The third kappa shape index (κ3) is 7.34. The summed E-state index contributed by atoms with van der Waals surface area (Å²) in [5.74, 6) is -0.166. The number of nitrogens with zero attached hydrogens (tertiary/aromatic N) is 1. The molecule has 8 heteroatoms. The highest BCUT2D eigenvalue weighted by Gasteiger charge is 2.28. The minimum atomic E-state index is -0.514. The summed E-state index contributed by atoms with van der Waals surface area (Å²) in [6.07, 6.45) is 1.54. The fraction of sp³-hybridized carbons (Fsp3) is 0.571. The molecule has 1 fully saturated rings. The summed E-state index contributed by atoms with van der Waals surface area (Å²) < 4.78 is 6.17. The van der Waals surface area contributed by atoms with Crippen molar-refractivity contribution < 1.29 is 19.1 Å². The van der Waals surface area contributed by atoms with Crippen LogP contribution in [0.15, 0.2) is 22.7 Å². The van der Waals surface area contributed by atoms with Crippen LogP contribution in [0.4, 0.5) is 10.5 Å². The lowest BCUT2D eigenvalue weighted by atomic mass is 9.93. The molecule has 0 aromatic heterocycles. The van der Waals surface area contributed by atoms with Crippen LogP contribution in [-0.4, -0.2) is 48.0 Å². The Morgan fingerprint density at radius 3 is 2.45 bits per heavy atom. The van der Waals surface area contributed by atoms with Crippen molar-refractivity contribution in [2.24, 2.45) is 5.92 Å². The van der Waals surface area contributed by atoms with Gasteiger partial charge in [-0.1, -0.05) is 15.9 Å². The zero-order chi connectivity index (χ0) is 21.6. The number of piperidine rings is 1. The van der Waals surface area contributed by atoms with Crippen LogP contribution in [0, 0.1) is 5.92 Å². The topological polar surface area (TPSA) is 87.7 Å². The zero-order valence-corrected chi connectivity index (χ0v) is 19.1. The summed E-state index contributed by atoms with van der Waals surface area (Å²) in [4.78, 5) is 38.6. The van der Waals surface area contributed by atoms with E-state index in [9.17, 15) is 14.4 Å². The number of hydrogen-bond acceptors (Lipinski definition) is 4. The van der Waals surface area contributed by atoms with E-state index < -0.39 is 5.60 Å². The normalized spacial score (nSPS) is 15.0. The summed E-state index contributed by atoms with van der Waals surface area (Å²) in [6.45, 7) is 9.05. The fourth-order valence-electron chi connectivity index (χ4n) is 3.18. The van der Waals surface area contributed by atoms with Crippen LogP contribution in [-0.2, 0) is 9.53 Å². The third-order valence-corrected chi connectivity index (χ3v) is 5.07. The number of nitrogens with one attached hydrogen (secondary N) is 2. The second-order valence-corrected chi connectivity index (χ2v) is 9.13. The van der Waals surface area contributed by atoms with Gasteiger partial charge in [-0.25, -0.2) is 4.79 Å². The third-order valence-electron chi connectivity index (χ3n) is 4.58. The van der Waals surface area contributed by atoms with Gasteiger partial charge in [0.05, 0.1) is 11.3 Å². The van der Waals surface area contributed by atoms with E-state index in [0.717, 1.165) is 17.3 Å². The smallest absolute Gasteiger partial charge is 0.410 e. The van der Waals surface area contributed by atoms with Crippen LogP contribution < -0.4 is 10.6 Å². The molecule has 29 heavy (non-hydrogen) atoms. The number of rotatable bonds is 5. The van der Waals surface area contributed by atoms with Crippen LogP contribution in [0.2, 0.25) is 0 Å². The fourth-order valence-corrected chi connectivity index (χ4v) is 3.54. The van der Waals surface area contributed by atoms with E-state index in [0.29, 0.717) is 37.3 Å². The van der Waals surface area contributed by atoms with Gasteiger partial charge in [-0.3, -0.25) is 9.59 Å². The lowest BCUT2D eigenvalue weighted by Gasteiger charge is -2.33. The first-order chi connectivity index (χ1) is 13.6. The number of halogens is 1. The number of anilines is 1. The van der Waals surface area contributed by atoms with Gasteiger partial charge < -0.3 is 20.3 Å². The highest BCUT2D eigenvalue weighted by Crippen LogP contribution is 2.25. The summed E-state index contributed by atoms with van der Waals surface area (Å²) in [6, 6.07) is 5.20. The molecule has 2 N–H and O–H groups in total. The maximum atomic E-state index is 12.5. The van der Waals surface area contributed by atoms with Crippen molar-refractivity contribution in [2.45, 2.75) is 52.6 Å². The van der Waals surface area contributed by atoms with Crippen molar-refractivity contribution in [3.8, 4) is 0 Å². The Morgan fingerprint density at radius 1 is 1.21 bits per heavy atom. The van der Waals surface area contributed by atoms with Crippen LogP contribution >= 0.6 is 15.9 Å². The van der Waals surface area contributed by atoms with Gasteiger partial charge >= 0.3 is 6.09 Å². The molecule has 0 radical (unpaired) electrons. The van der Waals surface area contributed by atoms with Gasteiger partial charge in [-0.2, -0.15) is 0 Å². The minimum Gasteiger partial charge on any atom is -0.444 e. The van der Waals surface area contributed by atoms with Gasteiger partial charge in [0, 0.05) is 30.5 Å². The molecular formula is C21H30BrN3O4. The molecule has 0 aliphatic carbocycles. The maximum Gasteiger partial charge on any atom is 0.410 e. The van der Waals surface area contributed by atoms with Crippen molar-refractivity contribution in [2.75, 3.05) is 25.0 Å². The second kappa shape index (κ2) is 10.1. The highest BCUT2D eigenvalue weighted by atomic mass is 79.9. The zero-order valence-electron chi connectivity index (χ0n) is 17.5. The SMILES string of the molecule is CCNC(=O)c1cc(Br)ccc1NC(=O)CC1CCN(C(=O)OC(C)(C)C)CC1. The maximum absolute atomic E-state index is 12.5. The van der Waals surface area contributed by atoms with Crippen LogP contribution in [0.5, 0.6) is 0 Å². The van der Waals surface area contributed by atoms with E-state index in [4.69, 9.17) is 4.74 Å². The Labute approximate surface area is 180 Å². The average Bonchev–Trinajstić information content (AvgIpc) is 2.62. The van der Waals surface area contributed by atoms with E-state index in [1.54, 1.807) is 23.1 Å². The molecular weight excluding hydrogens is 438 g/mol. The Morgan fingerprint density at radius 2 is 1.86 bits per heavy atom. The van der Waals surface area contributed by atoms with Gasteiger partial charge in [0.15, 0.2) is 0 Å². The van der Waals surface area contributed by atoms with Crippen LogP contribution in [0.25, 0.3) is 0 Å². The Hall–Kier alpha value is -2.09. The Kier molecular flexibility index (Phi) is 8.07. The number of amides is 3. The molecule has 2 rings (SSSR count). The molecule has 1 aromatic carbocycles. The largest absolute Gasteiger partial charge is 0.444 e. The van der Waals surface area contributed by atoms with E-state index in [1.807, 2.05) is 27.7 Å². The number of carbonyl (C=O) groups excluding carboxylic acids is 3. The number of carbonyl (C=O) groups is 3. The minimum absolute atomic E-state index is 0.131. The molecule has 1 aromatic rings. The summed E-state index contributed by atoms with van der Waals surface area (Å²) in [7, 11) is 0. The van der Waals surface area contributed by atoms with Gasteiger partial charge in [0.1, 0.15) is 5.60 Å². The molecule has 0 spiro atoms. The van der Waals surface area contributed by atoms with Gasteiger partial charge in [-0.05, 0) is 64.7 Å². The van der Waals surface area contributed by atoms with E-state index in [2.05, 4.69) is 26.6 Å². The van der Waals surface area contributed by atoms with Crippen molar-refractivity contribution in [3.05, 3.63) is 28.2 Å². The molecule has 7 nitrogen and oxygen atoms in total. The number of benzene rings is 1. The molecule has 1 heterocycles. The molecule has 1 aliphatic rings. The first kappa shape index (κ1) is 23.2. The highest BCUT2D eigenvalue weighted by molar-refractivity contribution is 9.10. The van der Waals surface area contributed by atoms with Crippen molar-refractivity contribution in [1.82, 2.24) is 10.2 Å². The molecule has 0 saturated carbocycles. The van der Waals surface area contributed by atoms with Gasteiger partial charge in [0.25, 0.3) is 5.91 Å². The standard InChI is InChI=1S/C21H30BrN3O4/c1-5-23-19(27)16-13-15(22)6-7-17(16)24-18(26)12-14-8-10-25(11-9-14)20(28)29-21(2,3)4/h6-7,13-14H,5,8-12H2,1-4H3,(H,23,27)(H,24,26). The number of ether oxygens (including phenoxy) is 1. The van der Waals surface area contributed by atoms with E-state index >= 15 is 0 Å². The second-order valence-electron chi connectivity index (χ2n) is 8.21. The molecule has 0 atom stereocenters. The van der Waals surface area contributed by atoms with Crippen molar-refractivity contribution >= 4 is 39.5 Å². The molecule has 1 aliphatic heterocycles. The molecule has 3 amide bonds. The lowest BCUT2D eigenvalue weighted by Crippen LogP contribution is -2.42. The molecule has 0 bridgehead atoms. The first-order valence-corrected chi connectivity index (χ1v) is 10.7. The molecule has 160 valence electrons. The van der Waals surface area contributed by atoms with Crippen LogP contribution in [0.1, 0.15) is 57.3 Å². The van der Waals surface area contributed by atoms with Crippen molar-refractivity contribution in [1.29, 1.82) is 0 Å². The molecule has 1 saturated heterocycles. The summed E-state index contributed by atoms with van der Waals surface area (Å²) in [5.41, 5.74) is 0.407. The van der Waals surface area contributed by atoms with Gasteiger partial charge in [0.2, 0.25) is 5.91 Å². The van der Waals surface area contributed by atoms with E-state index in [1.165, 1.54) is 0 Å².